The molecule has 0 unspecified atom stereocenters. The quantitative estimate of drug-likeness (QED) is 0.347. The summed E-state index contributed by atoms with van der Waals surface area (Å²) in [5.74, 6) is 0.459. The highest BCUT2D eigenvalue weighted by atomic mass is 127. The average Bonchev–Trinajstić information content (AvgIpc) is 2.50. The highest BCUT2D eigenvalue weighted by molar-refractivity contribution is 14.2. The van der Waals surface area contributed by atoms with E-state index in [4.69, 9.17) is 22.9 Å². The Balaban J connectivity index is 2.60. The van der Waals surface area contributed by atoms with E-state index in [1.807, 2.05) is 6.92 Å². The second kappa shape index (κ2) is 10.9. The molecule has 1 aromatic rings. The van der Waals surface area contributed by atoms with Gasteiger partial charge in [0.2, 0.25) is 0 Å². The summed E-state index contributed by atoms with van der Waals surface area (Å²) in [6.07, 6.45) is 0. The first-order valence-electron chi connectivity index (χ1n) is 6.59. The highest BCUT2D eigenvalue weighted by Gasteiger charge is 2.13. The maximum Gasteiger partial charge on any atom is 0.168 e. The van der Waals surface area contributed by atoms with Crippen LogP contribution in [0.25, 0.3) is 0 Å². The lowest BCUT2D eigenvalue weighted by Crippen LogP contribution is -2.11. The Hall–Kier alpha value is -0.740. The highest BCUT2D eigenvalue weighted by Crippen LogP contribution is 2.31. The van der Waals surface area contributed by atoms with Crippen LogP contribution >= 0.6 is 21.0 Å². The number of para-hydroxylation sites is 1. The lowest BCUT2D eigenvalue weighted by atomic mass is 10.2. The van der Waals surface area contributed by atoms with Crippen molar-refractivity contribution in [2.24, 2.45) is 3.95 Å². The molecule has 120 valence electrons. The van der Waals surface area contributed by atoms with Gasteiger partial charge < -0.3 is 24.1 Å². The molecule has 1 aromatic carbocycles. The number of aromatic hydroxyl groups is 1. The van der Waals surface area contributed by atoms with Crippen LogP contribution in [0, 0.1) is 0 Å². The van der Waals surface area contributed by atoms with E-state index in [0.717, 1.165) is 0 Å². The van der Waals surface area contributed by atoms with Gasteiger partial charge in [-0.15, -0.1) is 0 Å². The molecule has 0 aliphatic carbocycles. The third-order valence-corrected chi connectivity index (χ3v) is 3.96. The van der Waals surface area contributed by atoms with Crippen molar-refractivity contribution in [1.29, 1.82) is 0 Å². The van der Waals surface area contributed by atoms with Gasteiger partial charge in [0.25, 0.3) is 0 Å². The predicted octanol–water partition coefficient (Wildman–Crippen LogP) is 1.79. The Morgan fingerprint density at radius 3 is 2.67 bits per heavy atom. The Morgan fingerprint density at radius 1 is 1.24 bits per heavy atom. The first kappa shape index (κ1) is 18.3. The zero-order valence-electron chi connectivity index (χ0n) is 12.3. The second-order valence-corrected chi connectivity index (χ2v) is 5.52. The smallest absolute Gasteiger partial charge is 0.168 e. The number of hydrogen-bond acceptors (Lipinski definition) is 6. The number of nitrogens with two attached hydrogens (primary N) is 1. The van der Waals surface area contributed by atoms with E-state index in [1.54, 1.807) is 25.3 Å². The van der Waals surface area contributed by atoms with Gasteiger partial charge in [0.05, 0.1) is 32.0 Å². The van der Waals surface area contributed by atoms with E-state index in [-0.39, 0.29) is 5.75 Å². The molecule has 0 heterocycles. The topological polar surface area (TPSA) is 83.2 Å². The summed E-state index contributed by atoms with van der Waals surface area (Å²) in [7, 11) is 1.62. The van der Waals surface area contributed by atoms with Gasteiger partial charge in [0.15, 0.2) is 11.5 Å². The summed E-state index contributed by atoms with van der Waals surface area (Å²) in [5, 5.41) is 10.2. The van der Waals surface area contributed by atoms with E-state index in [9.17, 15) is 5.11 Å². The van der Waals surface area contributed by atoms with Crippen LogP contribution in [0.2, 0.25) is 0 Å². The van der Waals surface area contributed by atoms with E-state index < -0.39 is 21.0 Å². The van der Waals surface area contributed by atoms with Gasteiger partial charge in [-0.1, -0.05) is 6.07 Å². The van der Waals surface area contributed by atoms with Crippen molar-refractivity contribution in [3.05, 3.63) is 23.8 Å². The van der Waals surface area contributed by atoms with Crippen LogP contribution in [0.3, 0.4) is 0 Å². The van der Waals surface area contributed by atoms with Gasteiger partial charge in [-0.25, -0.2) is 0 Å². The fourth-order valence-corrected chi connectivity index (χ4v) is 2.81. The van der Waals surface area contributed by atoms with Crippen LogP contribution in [0.4, 0.5) is 0 Å². The number of methoxy groups -OCH3 is 1. The van der Waals surface area contributed by atoms with Crippen LogP contribution in [-0.4, -0.2) is 48.9 Å². The molecule has 0 radical (unpaired) electrons. The number of rotatable bonds is 10. The molecule has 0 spiro atoms. The summed E-state index contributed by atoms with van der Waals surface area (Å²) in [4.78, 5) is 0. The van der Waals surface area contributed by atoms with Crippen molar-refractivity contribution in [3.8, 4) is 11.5 Å². The van der Waals surface area contributed by atoms with Crippen LogP contribution in [0.15, 0.2) is 18.2 Å². The molecule has 0 aliphatic heterocycles. The number of halogens is 1. The molecule has 0 saturated carbocycles. The maximum absolute atomic E-state index is 10.2. The third kappa shape index (κ3) is 6.27. The van der Waals surface area contributed by atoms with Gasteiger partial charge in [0.1, 0.15) is 10.3 Å². The van der Waals surface area contributed by atoms with Gasteiger partial charge >= 0.3 is 0 Å². The summed E-state index contributed by atoms with van der Waals surface area (Å²) >= 11 is -0.757. The average molecular weight is 411 g/mol. The van der Waals surface area contributed by atoms with Crippen molar-refractivity contribution >= 4 is 24.7 Å². The molecule has 21 heavy (non-hydrogen) atoms. The minimum Gasteiger partial charge on any atom is -0.504 e. The van der Waals surface area contributed by atoms with Crippen molar-refractivity contribution in [3.63, 3.8) is 0 Å². The molecule has 0 bridgehead atoms. The third-order valence-electron chi connectivity index (χ3n) is 2.50. The van der Waals surface area contributed by atoms with Crippen LogP contribution in [0.5, 0.6) is 11.5 Å². The molecule has 0 fully saturated rings. The zero-order valence-corrected chi connectivity index (χ0v) is 14.5. The van der Waals surface area contributed by atoms with Crippen molar-refractivity contribution in [2.45, 2.75) is 6.92 Å². The predicted molar refractivity (Wildman–Crippen MR) is 90.2 cm³/mol. The molecule has 0 saturated heterocycles. The first-order valence-corrected chi connectivity index (χ1v) is 8.92. The van der Waals surface area contributed by atoms with Gasteiger partial charge in [-0.2, -0.15) is 0 Å². The monoisotopic (exact) mass is 411 g/mol. The molecule has 1 rings (SSSR count). The summed E-state index contributed by atoms with van der Waals surface area (Å²) in [5.41, 5.74) is 0.602. The van der Waals surface area contributed by atoms with E-state index >= 15 is 0 Å². The second-order valence-electron chi connectivity index (χ2n) is 3.92. The number of hydrogen-bond donors (Lipinski definition) is 2. The molecular weight excluding hydrogens is 389 g/mol. The van der Waals surface area contributed by atoms with Crippen molar-refractivity contribution < 1.29 is 24.1 Å². The Kier molecular flexibility index (Phi) is 9.51. The van der Waals surface area contributed by atoms with Crippen molar-refractivity contribution in [2.75, 3.05) is 40.1 Å². The summed E-state index contributed by atoms with van der Waals surface area (Å²) in [6.45, 7) is 4.25. The van der Waals surface area contributed by atoms with Gasteiger partial charge in [0, 0.05) is 7.11 Å². The van der Waals surface area contributed by atoms with Crippen molar-refractivity contribution in [1.82, 2.24) is 0 Å². The summed E-state index contributed by atoms with van der Waals surface area (Å²) < 4.78 is 27.5. The minimum absolute atomic E-state index is 0.0583. The Bertz CT molecular complexity index is 453. The number of phenols is 1. The lowest BCUT2D eigenvalue weighted by Gasteiger charge is -2.12. The fraction of sp³-hybridized carbons (Fsp3) is 0.500. The number of benzene rings is 1. The Morgan fingerprint density at radius 2 is 2.00 bits per heavy atom. The van der Waals surface area contributed by atoms with Crippen LogP contribution in [-0.2, 0) is 14.2 Å². The van der Waals surface area contributed by atoms with Gasteiger partial charge in [-0.05, 0) is 40.1 Å². The molecule has 6 nitrogen and oxygen atoms in total. The normalized spacial score (nSPS) is 12.0. The van der Waals surface area contributed by atoms with E-state index in [1.165, 1.54) is 0 Å². The molecule has 7 heteroatoms. The minimum atomic E-state index is -0.757. The van der Waals surface area contributed by atoms with Gasteiger partial charge in [-0.3, -0.25) is 3.95 Å². The van der Waals surface area contributed by atoms with Crippen LogP contribution < -0.4 is 8.68 Å². The summed E-state index contributed by atoms with van der Waals surface area (Å²) in [6, 6.07) is 5.27. The molecule has 0 amide bonds. The largest absolute Gasteiger partial charge is 0.504 e. The molecule has 0 aliphatic rings. The maximum atomic E-state index is 10.2. The molecule has 3 N–H and O–H groups in total. The molecule has 0 atom stereocenters. The van der Waals surface area contributed by atoms with E-state index in [2.05, 4.69) is 0 Å². The standard InChI is InChI=1S/C14H22INO5/c1-3-20-14(15-16)11-5-4-6-12(13(11)17)21-10-9-19-8-7-18-2/h4-6,17H,3,7-10,16H2,1-2H3. The molecule has 0 aromatic heterocycles. The number of phenolic OH excluding ortho intramolecular Hbond substituents is 1. The lowest BCUT2D eigenvalue weighted by molar-refractivity contribution is 0.0540. The number of ether oxygens (including phenoxy) is 4. The zero-order chi connectivity index (χ0) is 15.5. The fourth-order valence-electron chi connectivity index (χ4n) is 1.55. The first-order chi connectivity index (χ1) is 10.2. The Labute approximate surface area is 135 Å². The van der Waals surface area contributed by atoms with Crippen LogP contribution in [0.1, 0.15) is 12.5 Å². The SMILES string of the molecule is CCOC(=IN)c1cccc(OCCOCCOC)c1O. The molecular formula is C14H22INO5. The van der Waals surface area contributed by atoms with E-state index in [0.29, 0.717) is 48.0 Å².